The van der Waals surface area contributed by atoms with Gasteiger partial charge in [-0.3, -0.25) is 14.3 Å². The molecule has 0 bridgehead atoms. The summed E-state index contributed by atoms with van der Waals surface area (Å²) in [7, 11) is 3.41. The van der Waals surface area contributed by atoms with Gasteiger partial charge in [-0.15, -0.1) is 0 Å². The molecular formula is C38H49ClFN7O3. The van der Waals surface area contributed by atoms with E-state index in [9.17, 15) is 14.0 Å². The number of hydrogen-bond acceptors (Lipinski definition) is 6. The van der Waals surface area contributed by atoms with Crippen LogP contribution >= 0.6 is 11.6 Å². The van der Waals surface area contributed by atoms with Gasteiger partial charge >= 0.3 is 0 Å². The minimum atomic E-state index is -0.999. The molecule has 6 rings (SSSR count). The molecule has 10 nitrogen and oxygen atoms in total. The fourth-order valence-electron chi connectivity index (χ4n) is 7.30. The van der Waals surface area contributed by atoms with Crippen molar-refractivity contribution in [3.05, 3.63) is 82.4 Å². The predicted molar refractivity (Wildman–Crippen MR) is 193 cm³/mol. The topological polar surface area (TPSA) is 126 Å². The van der Waals surface area contributed by atoms with Crippen LogP contribution in [0.3, 0.4) is 0 Å². The molecule has 2 aliphatic carbocycles. The van der Waals surface area contributed by atoms with Gasteiger partial charge in [0.05, 0.1) is 35.3 Å². The molecule has 2 saturated carbocycles. The average molecular weight is 706 g/mol. The Bertz CT molecular complexity index is 1840. The molecule has 0 spiro atoms. The minimum Gasteiger partial charge on any atom is -0.384 e. The zero-order valence-corrected chi connectivity index (χ0v) is 30.5. The molecule has 12 heteroatoms. The molecule has 2 amide bonds. The number of aromatic amines is 1. The molecule has 4 N–H and O–H groups in total. The number of fused-ring (bicyclic) bond motifs is 1. The third-order valence-electron chi connectivity index (χ3n) is 10.8. The van der Waals surface area contributed by atoms with E-state index in [1.807, 2.05) is 36.4 Å². The van der Waals surface area contributed by atoms with E-state index in [1.54, 1.807) is 38.0 Å². The summed E-state index contributed by atoms with van der Waals surface area (Å²) >= 11 is 6.76. The highest BCUT2D eigenvalue weighted by molar-refractivity contribution is 6.31. The van der Waals surface area contributed by atoms with E-state index in [4.69, 9.17) is 21.3 Å². The van der Waals surface area contributed by atoms with Gasteiger partial charge in [0.2, 0.25) is 5.91 Å². The Morgan fingerprint density at radius 1 is 1.20 bits per heavy atom. The summed E-state index contributed by atoms with van der Waals surface area (Å²) in [6, 6.07) is 14.6. The number of benzene rings is 2. The standard InChI is InChI=1S/C38H49ClFN7O3/c1-22(2)31(25-12-7-8-13-26(25)39)33(45-35(48)29-16-17-42-47(29)5)34-43-27-15-14-24(18-28(27)44-34)37(3,21-50-6)20-41-32(23-10-9-11-23)36(49)46-38(4)19-30(38)40/h7-8,12-18,22-23,30-33,41H,9-11,19-21H2,1-6H3,(H,43,44)(H,45,48)(H,46,49)/t30-,31-,32+,33-,37?,38+/m0/s1. The second-order valence-electron chi connectivity index (χ2n) is 15.1. The number of nitrogens with zero attached hydrogens (tertiary/aromatic N) is 3. The maximum absolute atomic E-state index is 14.0. The number of carbonyl (C=O) groups excluding carboxylic acids is 2. The van der Waals surface area contributed by atoms with Crippen molar-refractivity contribution >= 4 is 34.4 Å². The Morgan fingerprint density at radius 2 is 1.94 bits per heavy atom. The van der Waals surface area contributed by atoms with Gasteiger partial charge in [0.25, 0.3) is 5.91 Å². The molecule has 2 aromatic carbocycles. The molecule has 50 heavy (non-hydrogen) atoms. The molecule has 6 atom stereocenters. The quantitative estimate of drug-likeness (QED) is 0.118. The van der Waals surface area contributed by atoms with E-state index in [0.29, 0.717) is 36.1 Å². The van der Waals surface area contributed by atoms with Gasteiger partial charge in [0, 0.05) is 49.7 Å². The van der Waals surface area contributed by atoms with Crippen LogP contribution in [0.1, 0.15) is 92.8 Å². The Labute approximate surface area is 298 Å². The number of hydrogen-bond donors (Lipinski definition) is 4. The first kappa shape index (κ1) is 36.0. The van der Waals surface area contributed by atoms with Crippen molar-refractivity contribution < 1.29 is 18.7 Å². The summed E-state index contributed by atoms with van der Waals surface area (Å²) in [5, 5.41) is 14.6. The monoisotopic (exact) mass is 705 g/mol. The van der Waals surface area contributed by atoms with Crippen molar-refractivity contribution in [1.82, 2.24) is 35.7 Å². The van der Waals surface area contributed by atoms with Crippen LogP contribution < -0.4 is 16.0 Å². The summed E-state index contributed by atoms with van der Waals surface area (Å²) in [6.07, 6.45) is 3.97. The summed E-state index contributed by atoms with van der Waals surface area (Å²) in [5.41, 5.74) is 2.62. The number of alkyl halides is 1. The lowest BCUT2D eigenvalue weighted by atomic mass is 9.77. The number of aryl methyl sites for hydroxylation is 1. The number of methoxy groups -OCH3 is 1. The number of carbonyl (C=O) groups is 2. The average Bonchev–Trinajstić information content (AvgIpc) is 3.37. The second kappa shape index (κ2) is 14.4. The highest BCUT2D eigenvalue weighted by Crippen LogP contribution is 2.41. The van der Waals surface area contributed by atoms with E-state index < -0.39 is 29.2 Å². The lowest BCUT2D eigenvalue weighted by Gasteiger charge is -2.37. The fraction of sp³-hybridized carbons (Fsp3) is 0.526. The largest absolute Gasteiger partial charge is 0.384 e. The maximum atomic E-state index is 14.0. The molecule has 0 aliphatic heterocycles. The number of halogens is 2. The first-order valence-corrected chi connectivity index (χ1v) is 17.9. The van der Waals surface area contributed by atoms with Crippen LogP contribution in [-0.4, -0.2) is 69.6 Å². The van der Waals surface area contributed by atoms with Crippen LogP contribution in [0.4, 0.5) is 4.39 Å². The minimum absolute atomic E-state index is 0.0886. The normalized spacial score (nSPS) is 22.1. The van der Waals surface area contributed by atoms with Gasteiger partial charge in [0.15, 0.2) is 0 Å². The van der Waals surface area contributed by atoms with E-state index in [0.717, 1.165) is 41.4 Å². The number of ether oxygens (including phenoxy) is 1. The van der Waals surface area contributed by atoms with Gasteiger partial charge in [-0.1, -0.05) is 63.1 Å². The maximum Gasteiger partial charge on any atom is 0.270 e. The van der Waals surface area contributed by atoms with Gasteiger partial charge in [0.1, 0.15) is 17.7 Å². The zero-order chi connectivity index (χ0) is 35.8. The lowest BCUT2D eigenvalue weighted by molar-refractivity contribution is -0.126. The van der Waals surface area contributed by atoms with Crippen molar-refractivity contribution in [1.29, 1.82) is 0 Å². The smallest absolute Gasteiger partial charge is 0.270 e. The zero-order valence-electron chi connectivity index (χ0n) is 29.7. The third-order valence-corrected chi connectivity index (χ3v) is 11.1. The third kappa shape index (κ3) is 7.31. The van der Waals surface area contributed by atoms with E-state index in [1.165, 1.54) is 0 Å². The van der Waals surface area contributed by atoms with E-state index >= 15 is 0 Å². The van der Waals surface area contributed by atoms with Crippen molar-refractivity contribution in [2.75, 3.05) is 20.3 Å². The summed E-state index contributed by atoms with van der Waals surface area (Å²) < 4.78 is 21.3. The van der Waals surface area contributed by atoms with Crippen molar-refractivity contribution in [2.24, 2.45) is 18.9 Å². The highest BCUT2D eigenvalue weighted by atomic mass is 35.5. The first-order chi connectivity index (χ1) is 23.8. The van der Waals surface area contributed by atoms with Crippen LogP contribution in [0, 0.1) is 11.8 Å². The number of nitrogens with one attached hydrogen (secondary N) is 4. The van der Waals surface area contributed by atoms with Crippen molar-refractivity contribution in [3.63, 3.8) is 0 Å². The molecule has 268 valence electrons. The van der Waals surface area contributed by atoms with Gasteiger partial charge in [-0.25, -0.2) is 9.37 Å². The Hall–Kier alpha value is -3.80. The first-order valence-electron chi connectivity index (χ1n) is 17.6. The Balaban J connectivity index is 1.31. The Morgan fingerprint density at radius 3 is 2.54 bits per heavy atom. The SMILES string of the molecule is COCC(C)(CN[C@@H](C(=O)N[C@]1(C)C[C@@H]1F)C1CCC1)c1ccc2[nH]c([C@@H](NC(=O)c3ccnn3C)[C@H](c3ccccc3Cl)C(C)C)nc2c1. The van der Waals surface area contributed by atoms with Crippen LogP contribution in [0.5, 0.6) is 0 Å². The summed E-state index contributed by atoms with van der Waals surface area (Å²) in [5.74, 6) is 0.301. The number of imidazole rings is 1. The summed E-state index contributed by atoms with van der Waals surface area (Å²) in [6.45, 7) is 8.97. The molecule has 4 aromatic rings. The Kier molecular flexibility index (Phi) is 10.4. The molecule has 1 unspecified atom stereocenters. The van der Waals surface area contributed by atoms with Gasteiger partial charge in [-0.2, -0.15) is 5.10 Å². The lowest BCUT2D eigenvalue weighted by Crippen LogP contribution is -2.56. The number of aromatic nitrogens is 4. The second-order valence-corrected chi connectivity index (χ2v) is 15.5. The van der Waals surface area contributed by atoms with E-state index in [2.05, 4.69) is 52.9 Å². The predicted octanol–water partition coefficient (Wildman–Crippen LogP) is 6.14. The molecule has 0 radical (unpaired) electrons. The van der Waals surface area contributed by atoms with Crippen molar-refractivity contribution in [2.45, 2.75) is 88.5 Å². The van der Waals surface area contributed by atoms with Crippen LogP contribution in [-0.2, 0) is 22.0 Å². The number of H-pyrrole nitrogens is 1. The molecule has 2 heterocycles. The molecule has 2 fully saturated rings. The van der Waals surface area contributed by atoms with E-state index in [-0.39, 0.29) is 29.6 Å². The van der Waals surface area contributed by atoms with Crippen molar-refractivity contribution in [3.8, 4) is 0 Å². The molecule has 2 aromatic heterocycles. The summed E-state index contributed by atoms with van der Waals surface area (Å²) in [4.78, 5) is 35.7. The fourth-order valence-corrected chi connectivity index (χ4v) is 7.56. The van der Waals surface area contributed by atoms with Crippen LogP contribution in [0.2, 0.25) is 5.02 Å². The van der Waals surface area contributed by atoms with Crippen LogP contribution in [0.25, 0.3) is 11.0 Å². The molecule has 0 saturated heterocycles. The molecule has 2 aliphatic rings. The van der Waals surface area contributed by atoms with Gasteiger partial charge < -0.3 is 25.7 Å². The van der Waals surface area contributed by atoms with Gasteiger partial charge in [-0.05, 0) is 67.0 Å². The number of rotatable bonds is 15. The molecular weight excluding hydrogens is 657 g/mol. The highest BCUT2D eigenvalue weighted by Gasteiger charge is 2.53. The number of amides is 2. The van der Waals surface area contributed by atoms with Crippen LogP contribution in [0.15, 0.2) is 54.7 Å².